The number of aryl methyl sites for hydroxylation is 1. The highest BCUT2D eigenvalue weighted by Crippen LogP contribution is 2.38. The second-order valence-corrected chi connectivity index (χ2v) is 8.34. The third kappa shape index (κ3) is 6.25. The van der Waals surface area contributed by atoms with Gasteiger partial charge in [0.25, 0.3) is 0 Å². The van der Waals surface area contributed by atoms with E-state index in [1.54, 1.807) is 14.2 Å². The summed E-state index contributed by atoms with van der Waals surface area (Å²) in [5, 5.41) is 0. The molecule has 3 rings (SSSR count). The number of benzene rings is 2. The van der Waals surface area contributed by atoms with Crippen LogP contribution in [0.4, 0.5) is 5.69 Å². The molecule has 1 aliphatic rings. The number of likely N-dealkylation sites (tertiary alicyclic amines) is 1. The van der Waals surface area contributed by atoms with Gasteiger partial charge in [0, 0.05) is 37.1 Å². The second kappa shape index (κ2) is 11.6. The molecule has 2 aromatic rings. The van der Waals surface area contributed by atoms with Gasteiger partial charge in [-0.3, -0.25) is 9.59 Å². The number of anilines is 1. The fraction of sp³-hybridized carbons (Fsp3) is 0.462. The van der Waals surface area contributed by atoms with Crippen LogP contribution in [0.5, 0.6) is 11.5 Å². The molecule has 1 saturated heterocycles. The predicted molar refractivity (Wildman–Crippen MR) is 126 cm³/mol. The quantitative estimate of drug-likeness (QED) is 0.573. The summed E-state index contributed by atoms with van der Waals surface area (Å²) in [5.74, 6) is 1.65. The van der Waals surface area contributed by atoms with Crippen molar-refractivity contribution in [2.75, 3.05) is 26.5 Å². The van der Waals surface area contributed by atoms with Gasteiger partial charge in [0.1, 0.15) is 17.3 Å². The predicted octanol–water partition coefficient (Wildman–Crippen LogP) is 4.71. The molecule has 1 fully saturated rings. The van der Waals surface area contributed by atoms with Crippen LogP contribution in [0.1, 0.15) is 62.1 Å². The van der Waals surface area contributed by atoms with Gasteiger partial charge < -0.3 is 20.1 Å². The maximum atomic E-state index is 13.2. The molecule has 32 heavy (non-hydrogen) atoms. The monoisotopic (exact) mass is 438 g/mol. The summed E-state index contributed by atoms with van der Waals surface area (Å²) in [7, 11) is 3.28. The Morgan fingerprint density at radius 1 is 0.969 bits per heavy atom. The molecule has 0 aromatic heterocycles. The number of carbonyl (C=O) groups excluding carboxylic acids is 2. The van der Waals surface area contributed by atoms with Crippen LogP contribution in [-0.2, 0) is 16.0 Å². The third-order valence-corrected chi connectivity index (χ3v) is 6.16. The van der Waals surface area contributed by atoms with Crippen molar-refractivity contribution in [1.82, 2.24) is 4.90 Å². The molecule has 0 saturated carbocycles. The number of hydrogen-bond donors (Lipinski definition) is 1. The molecule has 1 heterocycles. The number of methoxy groups -OCH3 is 2. The molecule has 6 nitrogen and oxygen atoms in total. The highest BCUT2D eigenvalue weighted by atomic mass is 16.5. The van der Waals surface area contributed by atoms with E-state index < -0.39 is 0 Å². The summed E-state index contributed by atoms with van der Waals surface area (Å²) in [4.78, 5) is 27.6. The first kappa shape index (κ1) is 23.6. The lowest BCUT2D eigenvalue weighted by molar-refractivity contribution is -0.135. The minimum Gasteiger partial charge on any atom is -0.497 e. The molecular weight excluding hydrogens is 404 g/mol. The number of carbonyl (C=O) groups is 2. The number of Topliss-reactive ketones (excluding diaryl/α,β-unsaturated/α-hetero) is 1. The van der Waals surface area contributed by atoms with E-state index in [2.05, 4.69) is 0 Å². The van der Waals surface area contributed by atoms with Crippen LogP contribution < -0.4 is 15.2 Å². The number of nitrogen functional groups attached to an aromatic ring is 1. The number of amides is 1. The standard InChI is InChI=1S/C26H34N2O4/c1-31-22-14-15-25(32-2)23(18-22)24-6-4-3-5-17-28(24)26(30)16-13-21(29)12-9-19-7-10-20(27)11-8-19/h7-8,10-11,14-15,18,24H,3-6,9,12-13,16-17,27H2,1-2H3. The van der Waals surface area contributed by atoms with Gasteiger partial charge in [-0.25, -0.2) is 0 Å². The van der Waals surface area contributed by atoms with Crippen molar-refractivity contribution >= 4 is 17.4 Å². The SMILES string of the molecule is COc1ccc(OC)c(C2CCCCCN2C(=O)CCC(=O)CCc2ccc(N)cc2)c1. The van der Waals surface area contributed by atoms with Crippen molar-refractivity contribution < 1.29 is 19.1 Å². The van der Waals surface area contributed by atoms with Crippen LogP contribution in [0, 0.1) is 0 Å². The lowest BCUT2D eigenvalue weighted by atomic mass is 9.98. The fourth-order valence-electron chi connectivity index (χ4n) is 4.31. The van der Waals surface area contributed by atoms with Crippen LogP contribution in [-0.4, -0.2) is 37.4 Å². The maximum Gasteiger partial charge on any atom is 0.223 e. The number of ketones is 1. The van der Waals surface area contributed by atoms with Gasteiger partial charge in [-0.05, 0) is 55.2 Å². The number of nitrogens with two attached hydrogens (primary N) is 1. The van der Waals surface area contributed by atoms with Crippen LogP contribution in [0.15, 0.2) is 42.5 Å². The Balaban J connectivity index is 1.64. The van der Waals surface area contributed by atoms with Crippen molar-refractivity contribution in [3.8, 4) is 11.5 Å². The Kier molecular flexibility index (Phi) is 8.54. The first-order valence-electron chi connectivity index (χ1n) is 11.4. The molecular formula is C26H34N2O4. The number of nitrogens with zero attached hydrogens (tertiary/aromatic N) is 1. The van der Waals surface area contributed by atoms with Crippen molar-refractivity contribution in [3.63, 3.8) is 0 Å². The van der Waals surface area contributed by atoms with E-state index in [9.17, 15) is 9.59 Å². The summed E-state index contributed by atoms with van der Waals surface area (Å²) in [6.07, 6.45) is 5.60. The van der Waals surface area contributed by atoms with E-state index in [1.165, 1.54) is 0 Å². The van der Waals surface area contributed by atoms with Gasteiger partial charge in [-0.1, -0.05) is 25.0 Å². The lowest BCUT2D eigenvalue weighted by Gasteiger charge is -2.31. The van der Waals surface area contributed by atoms with E-state index >= 15 is 0 Å². The summed E-state index contributed by atoms with van der Waals surface area (Å²) in [6.45, 7) is 0.698. The summed E-state index contributed by atoms with van der Waals surface area (Å²) >= 11 is 0. The molecule has 2 aromatic carbocycles. The van der Waals surface area contributed by atoms with E-state index in [-0.39, 0.29) is 30.6 Å². The first-order chi connectivity index (χ1) is 15.5. The summed E-state index contributed by atoms with van der Waals surface area (Å²) in [6, 6.07) is 13.2. The van der Waals surface area contributed by atoms with Crippen LogP contribution in [0.25, 0.3) is 0 Å². The third-order valence-electron chi connectivity index (χ3n) is 6.16. The molecule has 0 spiro atoms. The van der Waals surface area contributed by atoms with Crippen molar-refractivity contribution in [3.05, 3.63) is 53.6 Å². The first-order valence-corrected chi connectivity index (χ1v) is 11.4. The molecule has 0 bridgehead atoms. The maximum absolute atomic E-state index is 13.2. The van der Waals surface area contributed by atoms with Gasteiger partial charge in [0.2, 0.25) is 5.91 Å². The molecule has 2 N–H and O–H groups in total. The molecule has 1 unspecified atom stereocenters. The average Bonchev–Trinajstić information content (AvgIpc) is 3.08. The van der Waals surface area contributed by atoms with Gasteiger partial charge in [-0.15, -0.1) is 0 Å². The largest absolute Gasteiger partial charge is 0.497 e. The second-order valence-electron chi connectivity index (χ2n) is 8.34. The number of hydrogen-bond acceptors (Lipinski definition) is 5. The topological polar surface area (TPSA) is 81.9 Å². The summed E-state index contributed by atoms with van der Waals surface area (Å²) < 4.78 is 11.0. The minimum absolute atomic E-state index is 0.0302. The molecule has 1 aliphatic heterocycles. The smallest absolute Gasteiger partial charge is 0.223 e. The zero-order valence-corrected chi connectivity index (χ0v) is 19.1. The lowest BCUT2D eigenvalue weighted by Crippen LogP contribution is -2.35. The zero-order chi connectivity index (χ0) is 22.9. The van der Waals surface area contributed by atoms with E-state index in [1.807, 2.05) is 47.4 Å². The summed E-state index contributed by atoms with van der Waals surface area (Å²) in [5.41, 5.74) is 8.47. The zero-order valence-electron chi connectivity index (χ0n) is 19.1. The van der Waals surface area contributed by atoms with Gasteiger partial charge in [0.15, 0.2) is 0 Å². The van der Waals surface area contributed by atoms with E-state index in [4.69, 9.17) is 15.2 Å². The number of rotatable bonds is 9. The molecule has 0 radical (unpaired) electrons. The molecule has 0 aliphatic carbocycles. The molecule has 1 atom stereocenters. The van der Waals surface area contributed by atoms with Crippen molar-refractivity contribution in [1.29, 1.82) is 0 Å². The Bertz CT molecular complexity index is 911. The molecule has 172 valence electrons. The highest BCUT2D eigenvalue weighted by Gasteiger charge is 2.29. The normalized spacial score (nSPS) is 16.3. The highest BCUT2D eigenvalue weighted by molar-refractivity contribution is 5.85. The van der Waals surface area contributed by atoms with Gasteiger partial charge >= 0.3 is 0 Å². The van der Waals surface area contributed by atoms with Crippen LogP contribution in [0.2, 0.25) is 0 Å². The van der Waals surface area contributed by atoms with Gasteiger partial charge in [-0.2, -0.15) is 0 Å². The van der Waals surface area contributed by atoms with Gasteiger partial charge in [0.05, 0.1) is 20.3 Å². The minimum atomic E-state index is -0.0695. The molecule has 6 heteroatoms. The van der Waals surface area contributed by atoms with E-state index in [0.29, 0.717) is 25.1 Å². The van der Waals surface area contributed by atoms with Crippen LogP contribution >= 0.6 is 0 Å². The van der Waals surface area contributed by atoms with Crippen molar-refractivity contribution in [2.45, 2.75) is 57.4 Å². The Hall–Kier alpha value is -3.02. The fourth-order valence-corrected chi connectivity index (χ4v) is 4.31. The Morgan fingerprint density at radius 3 is 2.47 bits per heavy atom. The molecule has 1 amide bonds. The Morgan fingerprint density at radius 2 is 1.75 bits per heavy atom. The average molecular weight is 439 g/mol. The number of ether oxygens (including phenoxy) is 2. The Labute approximate surface area is 190 Å². The van der Waals surface area contributed by atoms with E-state index in [0.717, 1.165) is 48.3 Å². The van der Waals surface area contributed by atoms with Crippen LogP contribution in [0.3, 0.4) is 0 Å². The van der Waals surface area contributed by atoms with Crippen molar-refractivity contribution in [2.24, 2.45) is 0 Å².